The number of hydrogen-bond acceptors (Lipinski definition) is 4. The summed E-state index contributed by atoms with van der Waals surface area (Å²) in [5.74, 6) is 0. The maximum Gasteiger partial charge on any atom is 0.0878 e. The third-order valence-electron chi connectivity index (χ3n) is 7.90. The first-order valence-electron chi connectivity index (χ1n) is 14.1. The van der Waals surface area contributed by atoms with E-state index in [1.165, 1.54) is 0 Å². The highest BCUT2D eigenvalue weighted by Gasteiger charge is 2.31. The van der Waals surface area contributed by atoms with Crippen LogP contribution in [0.3, 0.4) is 0 Å². The first-order valence-corrected chi connectivity index (χ1v) is 14.1. The lowest BCUT2D eigenvalue weighted by Crippen LogP contribution is -2.42. The third kappa shape index (κ3) is 3.75. The first-order chi connectivity index (χ1) is 20.8. The molecule has 6 aromatic rings. The van der Waals surface area contributed by atoms with Crippen LogP contribution in [0.5, 0.6) is 0 Å². The molecule has 42 heavy (non-hydrogen) atoms. The van der Waals surface area contributed by atoms with Crippen molar-refractivity contribution in [1.29, 1.82) is 5.41 Å². The molecule has 0 atom stereocenters. The van der Waals surface area contributed by atoms with Crippen molar-refractivity contribution < 1.29 is 0 Å². The number of allylic oxidation sites excluding steroid dienone is 1. The normalized spacial score (nSPS) is 14.6. The average molecular weight is 542 g/mol. The average Bonchev–Trinajstić information content (AvgIpc) is 3.36. The lowest BCUT2D eigenvalue weighted by Gasteiger charge is -2.40. The predicted molar refractivity (Wildman–Crippen MR) is 175 cm³/mol. The zero-order valence-corrected chi connectivity index (χ0v) is 22.8. The van der Waals surface area contributed by atoms with Gasteiger partial charge in [0.2, 0.25) is 0 Å². The van der Waals surface area contributed by atoms with E-state index in [2.05, 4.69) is 129 Å². The summed E-state index contributed by atoms with van der Waals surface area (Å²) in [4.78, 5) is 2.33. The Labute approximate surface area is 243 Å². The molecule has 1 aromatic heterocycles. The standard InChI is InChI=1S/C37H27N5/c38-31-24-30-29-17-7-8-18-32(29)41(37(30)23-26(31)25-39-27-13-3-1-4-14-27)42-35-21-11-9-19-33(35)40(28-15-5-2-6-16-28)34-20-10-12-22-36(34)42/h1-25,38-39H/b26-25-,38-31?. The summed E-state index contributed by atoms with van der Waals surface area (Å²) in [6.45, 7) is 0. The fraction of sp³-hybridized carbons (Fsp3) is 0. The molecule has 0 spiro atoms. The summed E-state index contributed by atoms with van der Waals surface area (Å²) in [6.07, 6.45) is 6.04. The third-order valence-corrected chi connectivity index (χ3v) is 7.90. The molecule has 0 unspecified atom stereocenters. The molecule has 5 nitrogen and oxygen atoms in total. The fourth-order valence-corrected chi connectivity index (χ4v) is 6.04. The predicted octanol–water partition coefficient (Wildman–Crippen LogP) is 7.62. The van der Waals surface area contributed by atoms with Crippen LogP contribution >= 0.6 is 0 Å². The Morgan fingerprint density at radius 1 is 0.571 bits per heavy atom. The van der Waals surface area contributed by atoms with E-state index in [4.69, 9.17) is 5.41 Å². The number of rotatable bonds is 4. The minimum absolute atomic E-state index is 0.475. The zero-order valence-electron chi connectivity index (χ0n) is 22.8. The Morgan fingerprint density at radius 3 is 1.83 bits per heavy atom. The molecule has 200 valence electrons. The van der Waals surface area contributed by atoms with E-state index < -0.39 is 0 Å². The quantitative estimate of drug-likeness (QED) is 0.241. The Bertz CT molecular complexity index is 2090. The summed E-state index contributed by atoms with van der Waals surface area (Å²) in [5.41, 5.74) is 8.82. The molecule has 0 amide bonds. The highest BCUT2D eigenvalue weighted by atomic mass is 15.6. The Hall–Kier alpha value is -5.81. The monoisotopic (exact) mass is 541 g/mol. The molecule has 1 aliphatic heterocycles. The molecule has 0 bridgehead atoms. The molecule has 0 fully saturated rings. The van der Waals surface area contributed by atoms with Gasteiger partial charge >= 0.3 is 0 Å². The van der Waals surface area contributed by atoms with Crippen molar-refractivity contribution in [3.63, 3.8) is 0 Å². The van der Waals surface area contributed by atoms with Crippen LogP contribution in [0.1, 0.15) is 0 Å². The minimum Gasteiger partial charge on any atom is -0.361 e. The van der Waals surface area contributed by atoms with Crippen molar-refractivity contribution in [2.45, 2.75) is 0 Å². The molecule has 5 heteroatoms. The van der Waals surface area contributed by atoms with Crippen LogP contribution in [0.2, 0.25) is 0 Å². The van der Waals surface area contributed by atoms with E-state index in [0.717, 1.165) is 61.2 Å². The molecular formula is C37H27N5. The number of nitrogens with zero attached hydrogens (tertiary/aromatic N) is 3. The van der Waals surface area contributed by atoms with Crippen molar-refractivity contribution in [3.8, 4) is 0 Å². The molecule has 0 saturated heterocycles. The van der Waals surface area contributed by atoms with Gasteiger partial charge < -0.3 is 15.6 Å². The van der Waals surface area contributed by atoms with Gasteiger partial charge in [-0.15, -0.1) is 0 Å². The van der Waals surface area contributed by atoms with E-state index in [-0.39, 0.29) is 0 Å². The van der Waals surface area contributed by atoms with Crippen LogP contribution in [-0.4, -0.2) is 10.4 Å². The van der Waals surface area contributed by atoms with E-state index in [0.29, 0.717) is 5.71 Å². The molecule has 0 radical (unpaired) electrons. The second-order valence-corrected chi connectivity index (χ2v) is 10.4. The fourth-order valence-electron chi connectivity index (χ4n) is 6.04. The van der Waals surface area contributed by atoms with Crippen LogP contribution in [0.4, 0.5) is 34.1 Å². The van der Waals surface area contributed by atoms with Gasteiger partial charge in [0.05, 0.1) is 39.3 Å². The summed E-state index contributed by atoms with van der Waals surface area (Å²) >= 11 is 0. The van der Waals surface area contributed by atoms with E-state index in [9.17, 15) is 0 Å². The number of hydrogen-bond donors (Lipinski definition) is 2. The van der Waals surface area contributed by atoms with Crippen molar-refractivity contribution in [2.24, 2.45) is 0 Å². The summed E-state index contributed by atoms with van der Waals surface area (Å²) in [7, 11) is 0. The molecule has 1 aliphatic carbocycles. The second kappa shape index (κ2) is 9.68. The van der Waals surface area contributed by atoms with Gasteiger partial charge in [-0.3, -0.25) is 0 Å². The van der Waals surface area contributed by atoms with Gasteiger partial charge in [-0.05, 0) is 66.7 Å². The second-order valence-electron chi connectivity index (χ2n) is 10.4. The number of benzene rings is 5. The molecule has 5 aromatic carbocycles. The highest BCUT2D eigenvalue weighted by molar-refractivity contribution is 6.25. The lowest BCUT2D eigenvalue weighted by atomic mass is 10.0. The van der Waals surface area contributed by atoms with Gasteiger partial charge in [-0.1, -0.05) is 78.9 Å². The SMILES string of the molecule is N=C1C=c2c(n(N3c4ccccc4N(c4ccccc4)c4ccccc43)c3ccccc23)=C/C1=C/Nc1ccccc1. The molecule has 2 heterocycles. The summed E-state index contributed by atoms with van der Waals surface area (Å²) in [6, 6.07) is 46.2. The zero-order chi connectivity index (χ0) is 28.0. The lowest BCUT2D eigenvalue weighted by molar-refractivity contribution is 0.815. The minimum atomic E-state index is 0.475. The van der Waals surface area contributed by atoms with E-state index in [1.807, 2.05) is 42.6 Å². The smallest absolute Gasteiger partial charge is 0.0878 e. The van der Waals surface area contributed by atoms with Crippen LogP contribution in [0.25, 0.3) is 23.1 Å². The molecule has 8 rings (SSSR count). The largest absolute Gasteiger partial charge is 0.361 e. The molecule has 0 saturated carbocycles. The van der Waals surface area contributed by atoms with Gasteiger partial charge in [0, 0.05) is 33.8 Å². The Kier molecular flexibility index (Phi) is 5.54. The van der Waals surface area contributed by atoms with Gasteiger partial charge in [-0.2, -0.15) is 0 Å². The molecule has 2 aliphatic rings. The number of anilines is 6. The van der Waals surface area contributed by atoms with Crippen molar-refractivity contribution >= 4 is 62.9 Å². The van der Waals surface area contributed by atoms with Gasteiger partial charge in [0.25, 0.3) is 0 Å². The molecule has 2 N–H and O–H groups in total. The van der Waals surface area contributed by atoms with Crippen LogP contribution in [0.15, 0.2) is 145 Å². The summed E-state index contributed by atoms with van der Waals surface area (Å²) in [5, 5.41) is 17.8. The van der Waals surface area contributed by atoms with Gasteiger partial charge in [-0.25, -0.2) is 9.69 Å². The van der Waals surface area contributed by atoms with E-state index in [1.54, 1.807) is 0 Å². The topological polar surface area (TPSA) is 47.3 Å². The van der Waals surface area contributed by atoms with Gasteiger partial charge in [0.15, 0.2) is 0 Å². The number of aromatic nitrogens is 1. The van der Waals surface area contributed by atoms with Crippen molar-refractivity contribution in [3.05, 3.63) is 156 Å². The Balaban J connectivity index is 1.40. The van der Waals surface area contributed by atoms with Crippen LogP contribution in [0, 0.1) is 5.41 Å². The van der Waals surface area contributed by atoms with Crippen molar-refractivity contribution in [1.82, 2.24) is 4.68 Å². The first kappa shape index (κ1) is 24.0. The number of para-hydroxylation sites is 7. The number of nitrogens with one attached hydrogen (secondary N) is 2. The van der Waals surface area contributed by atoms with E-state index >= 15 is 0 Å². The maximum absolute atomic E-state index is 8.90. The maximum atomic E-state index is 8.90. The Morgan fingerprint density at radius 2 is 1.14 bits per heavy atom. The number of fused-ring (bicyclic) bond motifs is 5. The van der Waals surface area contributed by atoms with Crippen molar-refractivity contribution in [2.75, 3.05) is 15.2 Å². The highest BCUT2D eigenvalue weighted by Crippen LogP contribution is 2.51. The summed E-state index contributed by atoms with van der Waals surface area (Å²) < 4.78 is 2.31. The van der Waals surface area contributed by atoms with Gasteiger partial charge in [0.1, 0.15) is 0 Å². The van der Waals surface area contributed by atoms with Crippen LogP contribution in [-0.2, 0) is 0 Å². The molecular weight excluding hydrogens is 514 g/mol. The van der Waals surface area contributed by atoms with Crippen LogP contribution < -0.4 is 25.8 Å².